The number of halogens is 1. The smallest absolute Gasteiger partial charge is 0.330 e. The van der Waals surface area contributed by atoms with Gasteiger partial charge in [0, 0.05) is 39.3 Å². The van der Waals surface area contributed by atoms with Gasteiger partial charge in [0.1, 0.15) is 0 Å². The van der Waals surface area contributed by atoms with Crippen LogP contribution in [0.2, 0.25) is 0 Å². The standard InChI is InChI=1S/C17H22N4O4S.ClH/c1-19-11-15(16(22)20(2)17(19)23)26(24,25)21-9-13(8-18)14(10-21)12-6-4-3-5-7-12;/h3-7,11,13-14H,8-10,18H2,1-2H3;1H/t13-,14+;/m1./s1. The van der Waals surface area contributed by atoms with E-state index in [4.69, 9.17) is 5.73 Å². The molecule has 148 valence electrons. The molecule has 10 heteroatoms. The Morgan fingerprint density at radius 2 is 1.74 bits per heavy atom. The summed E-state index contributed by atoms with van der Waals surface area (Å²) in [7, 11) is -1.35. The number of aromatic nitrogens is 2. The highest BCUT2D eigenvalue weighted by Gasteiger charge is 2.40. The molecule has 1 saturated heterocycles. The fourth-order valence-electron chi connectivity index (χ4n) is 3.44. The molecule has 1 aliphatic rings. The molecule has 1 aromatic heterocycles. The van der Waals surface area contributed by atoms with Crippen molar-refractivity contribution in [2.75, 3.05) is 19.6 Å². The highest BCUT2D eigenvalue weighted by Crippen LogP contribution is 2.34. The minimum Gasteiger partial charge on any atom is -0.330 e. The average molecular weight is 415 g/mol. The van der Waals surface area contributed by atoms with Gasteiger partial charge in [0.15, 0.2) is 4.90 Å². The molecule has 8 nitrogen and oxygen atoms in total. The molecule has 0 amide bonds. The molecule has 0 unspecified atom stereocenters. The summed E-state index contributed by atoms with van der Waals surface area (Å²) >= 11 is 0. The van der Waals surface area contributed by atoms with Crippen molar-refractivity contribution in [1.82, 2.24) is 13.4 Å². The molecule has 2 aromatic rings. The Morgan fingerprint density at radius 3 is 2.33 bits per heavy atom. The van der Waals surface area contributed by atoms with Crippen LogP contribution < -0.4 is 17.0 Å². The molecule has 2 atom stereocenters. The maximum atomic E-state index is 13.1. The van der Waals surface area contributed by atoms with E-state index in [0.29, 0.717) is 6.54 Å². The largest absolute Gasteiger partial charge is 0.330 e. The Kier molecular flexibility index (Phi) is 6.31. The number of hydrogen-bond donors (Lipinski definition) is 1. The summed E-state index contributed by atoms with van der Waals surface area (Å²) in [6.45, 7) is 0.835. The molecule has 3 rings (SSSR count). The zero-order chi connectivity index (χ0) is 19.1. The Labute approximate surface area is 163 Å². The second-order valence-electron chi connectivity index (χ2n) is 6.59. The summed E-state index contributed by atoms with van der Waals surface area (Å²) in [5, 5.41) is 0. The molecule has 1 fully saturated rings. The molecule has 2 heterocycles. The Bertz CT molecular complexity index is 1030. The van der Waals surface area contributed by atoms with Crippen LogP contribution in [-0.2, 0) is 24.1 Å². The number of benzene rings is 1. The van der Waals surface area contributed by atoms with Crippen molar-refractivity contribution in [3.8, 4) is 0 Å². The lowest BCUT2D eigenvalue weighted by Crippen LogP contribution is -2.42. The van der Waals surface area contributed by atoms with E-state index < -0.39 is 26.2 Å². The van der Waals surface area contributed by atoms with Gasteiger partial charge < -0.3 is 10.3 Å². The fourth-order valence-corrected chi connectivity index (χ4v) is 5.11. The second kappa shape index (κ2) is 7.97. The predicted molar refractivity (Wildman–Crippen MR) is 105 cm³/mol. The lowest BCUT2D eigenvalue weighted by atomic mass is 9.89. The van der Waals surface area contributed by atoms with Crippen LogP contribution in [0, 0.1) is 5.92 Å². The number of sulfonamides is 1. The molecule has 1 aromatic carbocycles. The number of rotatable bonds is 4. The molecule has 1 aliphatic heterocycles. The van der Waals surface area contributed by atoms with E-state index >= 15 is 0 Å². The van der Waals surface area contributed by atoms with Crippen LogP contribution in [0.4, 0.5) is 0 Å². The quantitative estimate of drug-likeness (QED) is 0.749. The van der Waals surface area contributed by atoms with E-state index in [2.05, 4.69) is 0 Å². The maximum Gasteiger partial charge on any atom is 0.330 e. The SMILES string of the molecule is Cl.Cn1cc(S(=O)(=O)N2C[C@@H](CN)[C@H](c3ccccc3)C2)c(=O)n(C)c1=O. The molecule has 0 spiro atoms. The zero-order valence-electron chi connectivity index (χ0n) is 15.1. The van der Waals surface area contributed by atoms with Crippen molar-refractivity contribution in [2.24, 2.45) is 25.7 Å². The molecular weight excluding hydrogens is 392 g/mol. The van der Waals surface area contributed by atoms with Crippen molar-refractivity contribution in [3.63, 3.8) is 0 Å². The Balaban J connectivity index is 0.00000261. The summed E-state index contributed by atoms with van der Waals surface area (Å²) in [5.74, 6) is -0.0732. The summed E-state index contributed by atoms with van der Waals surface area (Å²) in [6.07, 6.45) is 1.09. The fraction of sp³-hybridized carbons (Fsp3) is 0.412. The minimum absolute atomic E-state index is 0. The molecular formula is C17H23ClN4O4S. The summed E-state index contributed by atoms with van der Waals surface area (Å²) in [4.78, 5) is 23.8. The van der Waals surface area contributed by atoms with Crippen LogP contribution in [0.25, 0.3) is 0 Å². The van der Waals surface area contributed by atoms with Gasteiger partial charge in [-0.3, -0.25) is 9.36 Å². The van der Waals surface area contributed by atoms with Gasteiger partial charge in [-0.1, -0.05) is 30.3 Å². The number of nitrogens with zero attached hydrogens (tertiary/aromatic N) is 3. The van der Waals surface area contributed by atoms with Gasteiger partial charge >= 0.3 is 5.69 Å². The molecule has 2 N–H and O–H groups in total. The first-order valence-electron chi connectivity index (χ1n) is 8.29. The summed E-state index contributed by atoms with van der Waals surface area (Å²) in [6, 6.07) is 9.62. The van der Waals surface area contributed by atoms with Crippen LogP contribution in [0.15, 0.2) is 51.0 Å². The number of aryl methyl sites for hydroxylation is 1. The van der Waals surface area contributed by atoms with Gasteiger partial charge in [0.05, 0.1) is 0 Å². The third-order valence-electron chi connectivity index (χ3n) is 4.97. The highest BCUT2D eigenvalue weighted by atomic mass is 35.5. The topological polar surface area (TPSA) is 107 Å². The molecule has 0 bridgehead atoms. The van der Waals surface area contributed by atoms with Crippen LogP contribution in [-0.4, -0.2) is 41.5 Å². The van der Waals surface area contributed by atoms with E-state index in [1.807, 2.05) is 30.3 Å². The van der Waals surface area contributed by atoms with Gasteiger partial charge in [-0.2, -0.15) is 4.31 Å². The lowest BCUT2D eigenvalue weighted by Gasteiger charge is -2.17. The zero-order valence-corrected chi connectivity index (χ0v) is 16.7. The van der Waals surface area contributed by atoms with Crippen LogP contribution >= 0.6 is 12.4 Å². The minimum atomic E-state index is -4.03. The van der Waals surface area contributed by atoms with Crippen molar-refractivity contribution in [1.29, 1.82) is 0 Å². The first-order valence-corrected chi connectivity index (χ1v) is 9.73. The van der Waals surface area contributed by atoms with E-state index in [1.165, 1.54) is 18.4 Å². The van der Waals surface area contributed by atoms with Crippen molar-refractivity contribution >= 4 is 22.4 Å². The number of hydrogen-bond acceptors (Lipinski definition) is 5. The molecule has 0 saturated carbocycles. The van der Waals surface area contributed by atoms with Gasteiger partial charge in [0.25, 0.3) is 5.56 Å². The molecule has 0 aliphatic carbocycles. The first-order chi connectivity index (χ1) is 12.3. The van der Waals surface area contributed by atoms with Gasteiger partial charge in [-0.25, -0.2) is 13.2 Å². The maximum absolute atomic E-state index is 13.1. The third-order valence-corrected chi connectivity index (χ3v) is 6.78. The second-order valence-corrected chi connectivity index (χ2v) is 8.49. The summed E-state index contributed by atoms with van der Waals surface area (Å²) < 4.78 is 29.3. The van der Waals surface area contributed by atoms with Crippen molar-refractivity contribution in [3.05, 3.63) is 62.9 Å². The van der Waals surface area contributed by atoms with Crippen molar-refractivity contribution in [2.45, 2.75) is 10.8 Å². The highest BCUT2D eigenvalue weighted by molar-refractivity contribution is 7.89. The van der Waals surface area contributed by atoms with E-state index in [0.717, 1.165) is 20.9 Å². The van der Waals surface area contributed by atoms with E-state index in [1.54, 1.807) is 0 Å². The van der Waals surface area contributed by atoms with Gasteiger partial charge in [-0.15, -0.1) is 12.4 Å². The Hall–Kier alpha value is -1.94. The van der Waals surface area contributed by atoms with Crippen LogP contribution in [0.5, 0.6) is 0 Å². The summed E-state index contributed by atoms with van der Waals surface area (Å²) in [5.41, 5.74) is 5.50. The van der Waals surface area contributed by atoms with Crippen LogP contribution in [0.3, 0.4) is 0 Å². The van der Waals surface area contributed by atoms with Gasteiger partial charge in [0.2, 0.25) is 10.0 Å². The molecule has 27 heavy (non-hydrogen) atoms. The normalized spacial score (nSPS) is 20.4. The first kappa shape index (κ1) is 21.4. The van der Waals surface area contributed by atoms with E-state index in [-0.39, 0.29) is 37.3 Å². The third kappa shape index (κ3) is 3.73. The lowest BCUT2D eigenvalue weighted by molar-refractivity contribution is 0.455. The number of nitrogens with two attached hydrogens (primary N) is 1. The average Bonchev–Trinajstić information content (AvgIpc) is 3.09. The Morgan fingerprint density at radius 1 is 1.11 bits per heavy atom. The van der Waals surface area contributed by atoms with Crippen LogP contribution in [0.1, 0.15) is 11.5 Å². The van der Waals surface area contributed by atoms with Crippen molar-refractivity contribution < 1.29 is 8.42 Å². The van der Waals surface area contributed by atoms with E-state index in [9.17, 15) is 18.0 Å². The monoisotopic (exact) mass is 414 g/mol. The predicted octanol–water partition coefficient (Wildman–Crippen LogP) is -0.131. The molecule has 0 radical (unpaired) electrons. The van der Waals surface area contributed by atoms with Gasteiger partial charge in [-0.05, 0) is 18.0 Å².